The van der Waals surface area contributed by atoms with Crippen LogP contribution >= 0.6 is 23.4 Å². The Morgan fingerprint density at radius 2 is 1.73 bits per heavy atom. The molecule has 1 fully saturated rings. The van der Waals surface area contributed by atoms with Crippen LogP contribution in [-0.4, -0.2) is 35.3 Å². The van der Waals surface area contributed by atoms with Crippen molar-refractivity contribution in [1.29, 1.82) is 0 Å². The fraction of sp³-hybridized carbons (Fsp3) is 0.480. The Morgan fingerprint density at radius 1 is 1.03 bits per heavy atom. The summed E-state index contributed by atoms with van der Waals surface area (Å²) in [5, 5.41) is 4.64. The van der Waals surface area contributed by atoms with Crippen LogP contribution < -0.4 is 5.32 Å². The molecular formula is C25H28ClF3N2OS. The van der Waals surface area contributed by atoms with Crippen LogP contribution in [0, 0.1) is 0 Å². The Morgan fingerprint density at radius 3 is 2.42 bits per heavy atom. The molecule has 2 aromatic rings. The fourth-order valence-electron chi connectivity index (χ4n) is 4.62. The summed E-state index contributed by atoms with van der Waals surface area (Å²) in [7, 11) is 0. The number of benzene rings is 2. The molecule has 3 nitrogen and oxygen atoms in total. The number of carbonyl (C=O) groups is 1. The van der Waals surface area contributed by atoms with Crippen molar-refractivity contribution in [2.24, 2.45) is 0 Å². The molecule has 33 heavy (non-hydrogen) atoms. The third-order valence-electron chi connectivity index (χ3n) is 6.42. The summed E-state index contributed by atoms with van der Waals surface area (Å²) in [6.07, 6.45) is 2.43. The average Bonchev–Trinajstić information content (AvgIpc) is 3.02. The quantitative estimate of drug-likeness (QED) is 0.490. The first-order valence-electron chi connectivity index (χ1n) is 11.5. The molecule has 1 heterocycles. The fourth-order valence-corrected chi connectivity index (χ4v) is 6.11. The highest BCUT2D eigenvalue weighted by molar-refractivity contribution is 8.00. The molecule has 0 aromatic heterocycles. The first kappa shape index (κ1) is 24.3. The number of hydrogen-bond donors (Lipinski definition) is 1. The van der Waals surface area contributed by atoms with Crippen LogP contribution in [0.1, 0.15) is 48.8 Å². The van der Waals surface area contributed by atoms with Gasteiger partial charge < -0.3 is 10.2 Å². The summed E-state index contributed by atoms with van der Waals surface area (Å²) < 4.78 is 38.6. The zero-order valence-electron chi connectivity index (χ0n) is 18.4. The van der Waals surface area contributed by atoms with Gasteiger partial charge in [-0.2, -0.15) is 13.2 Å². The Bertz CT molecular complexity index is 975. The number of fused-ring (bicyclic) bond motifs is 1. The second-order valence-corrected chi connectivity index (χ2v) is 10.5. The standard InChI is InChI=1S/C25H28ClF3N2OS/c26-22-11-8-18-12-14-31(24(32)25(27,28)29)15-13-21(18)23(22)30-16-17-6-9-20(10-7-17)33-19-4-2-1-3-5-19/h6-11,19,30H,1-5,12-16H2. The van der Waals surface area contributed by atoms with Crippen molar-refractivity contribution in [2.75, 3.05) is 18.4 Å². The number of anilines is 1. The van der Waals surface area contributed by atoms with E-state index in [1.165, 1.54) is 37.0 Å². The van der Waals surface area contributed by atoms with Gasteiger partial charge in [-0.1, -0.05) is 49.1 Å². The van der Waals surface area contributed by atoms with E-state index in [-0.39, 0.29) is 13.1 Å². The highest BCUT2D eigenvalue weighted by Crippen LogP contribution is 2.35. The van der Waals surface area contributed by atoms with Crippen molar-refractivity contribution in [1.82, 2.24) is 4.90 Å². The number of alkyl halides is 3. The molecule has 0 spiro atoms. The maximum absolute atomic E-state index is 12.9. The maximum Gasteiger partial charge on any atom is 0.471 e. The average molecular weight is 497 g/mol. The van der Waals surface area contributed by atoms with Gasteiger partial charge in [0.1, 0.15) is 0 Å². The first-order valence-corrected chi connectivity index (χ1v) is 12.7. The van der Waals surface area contributed by atoms with Crippen LogP contribution in [-0.2, 0) is 24.2 Å². The smallest absolute Gasteiger partial charge is 0.380 e. The second kappa shape index (κ2) is 10.6. The van der Waals surface area contributed by atoms with E-state index in [2.05, 4.69) is 29.6 Å². The van der Waals surface area contributed by atoms with Crippen LogP contribution in [0.3, 0.4) is 0 Å². The number of thioether (sulfide) groups is 1. The minimum absolute atomic E-state index is 0.0213. The van der Waals surface area contributed by atoms with Crippen molar-refractivity contribution in [2.45, 2.75) is 67.8 Å². The Hall–Kier alpha value is -1.86. The molecule has 1 aliphatic carbocycles. The molecule has 2 aliphatic rings. The van der Waals surface area contributed by atoms with E-state index in [9.17, 15) is 18.0 Å². The van der Waals surface area contributed by atoms with Crippen LogP contribution in [0.4, 0.5) is 18.9 Å². The Labute approximate surface area is 202 Å². The van der Waals surface area contributed by atoms with Crippen LogP contribution in [0.2, 0.25) is 5.02 Å². The number of nitrogens with one attached hydrogen (secondary N) is 1. The van der Waals surface area contributed by atoms with Crippen molar-refractivity contribution >= 4 is 35.0 Å². The lowest BCUT2D eigenvalue weighted by Gasteiger charge is -2.21. The normalized spacial score (nSPS) is 17.4. The Balaban J connectivity index is 1.41. The van der Waals surface area contributed by atoms with E-state index < -0.39 is 12.1 Å². The van der Waals surface area contributed by atoms with Gasteiger partial charge in [-0.25, -0.2) is 0 Å². The largest absolute Gasteiger partial charge is 0.471 e. The molecular weight excluding hydrogens is 469 g/mol. The van der Waals surface area contributed by atoms with Gasteiger partial charge in [-0.3, -0.25) is 4.79 Å². The zero-order chi connectivity index (χ0) is 23.4. The van der Waals surface area contributed by atoms with Gasteiger partial charge in [-0.05, 0) is 60.6 Å². The van der Waals surface area contributed by atoms with E-state index in [1.807, 2.05) is 17.8 Å². The van der Waals surface area contributed by atoms with Crippen molar-refractivity contribution in [3.8, 4) is 0 Å². The van der Waals surface area contributed by atoms with Crippen molar-refractivity contribution in [3.63, 3.8) is 0 Å². The highest BCUT2D eigenvalue weighted by atomic mass is 35.5. The lowest BCUT2D eigenvalue weighted by Crippen LogP contribution is -2.42. The minimum Gasteiger partial charge on any atom is -0.380 e. The molecule has 1 N–H and O–H groups in total. The number of halogens is 4. The third kappa shape index (κ3) is 6.18. The van der Waals surface area contributed by atoms with Gasteiger partial charge >= 0.3 is 12.1 Å². The zero-order valence-corrected chi connectivity index (χ0v) is 20.0. The van der Waals surface area contributed by atoms with Crippen LogP contribution in [0.15, 0.2) is 41.3 Å². The van der Waals surface area contributed by atoms with Gasteiger partial charge in [0, 0.05) is 29.8 Å². The second-order valence-electron chi connectivity index (χ2n) is 8.73. The maximum atomic E-state index is 12.9. The van der Waals surface area contributed by atoms with E-state index in [4.69, 9.17) is 11.6 Å². The monoisotopic (exact) mass is 496 g/mol. The summed E-state index contributed by atoms with van der Waals surface area (Å²) in [5.74, 6) is -1.78. The number of carbonyl (C=O) groups excluding carboxylic acids is 1. The number of hydrogen-bond acceptors (Lipinski definition) is 3. The molecule has 2 aromatic carbocycles. The molecule has 0 saturated heterocycles. The predicted molar refractivity (Wildman–Crippen MR) is 128 cm³/mol. The minimum atomic E-state index is -4.85. The van der Waals surface area contributed by atoms with E-state index in [0.717, 1.165) is 27.3 Å². The molecule has 0 bridgehead atoms. The van der Waals surface area contributed by atoms with Gasteiger partial charge in [0.15, 0.2) is 0 Å². The summed E-state index contributed by atoms with van der Waals surface area (Å²) in [4.78, 5) is 13.9. The molecule has 1 saturated carbocycles. The molecule has 1 amide bonds. The van der Waals surface area contributed by atoms with Crippen molar-refractivity contribution < 1.29 is 18.0 Å². The first-order chi connectivity index (χ1) is 15.8. The van der Waals surface area contributed by atoms with Gasteiger partial charge in [0.25, 0.3) is 0 Å². The van der Waals surface area contributed by atoms with Crippen LogP contribution in [0.25, 0.3) is 0 Å². The van der Waals surface area contributed by atoms with E-state index in [0.29, 0.717) is 29.7 Å². The molecule has 4 rings (SSSR count). The third-order valence-corrected chi connectivity index (χ3v) is 8.08. The van der Waals surface area contributed by atoms with Gasteiger partial charge in [0.2, 0.25) is 0 Å². The predicted octanol–water partition coefficient (Wildman–Crippen LogP) is 6.87. The van der Waals surface area contributed by atoms with E-state index in [1.54, 1.807) is 6.07 Å². The lowest BCUT2D eigenvalue weighted by molar-refractivity contribution is -0.185. The van der Waals surface area contributed by atoms with Gasteiger partial charge in [-0.15, -0.1) is 11.8 Å². The molecule has 8 heteroatoms. The Kier molecular flexibility index (Phi) is 7.80. The summed E-state index contributed by atoms with van der Waals surface area (Å²) in [6.45, 7) is 0.635. The van der Waals surface area contributed by atoms with E-state index >= 15 is 0 Å². The molecule has 1 aliphatic heterocycles. The van der Waals surface area contributed by atoms with Crippen LogP contribution in [0.5, 0.6) is 0 Å². The summed E-state index contributed by atoms with van der Waals surface area (Å²) in [6, 6.07) is 12.2. The SMILES string of the molecule is O=C(N1CCc2ccc(Cl)c(NCc3ccc(SC4CCCCC4)cc3)c2CC1)C(F)(F)F. The molecule has 0 atom stereocenters. The summed E-state index contributed by atoms with van der Waals surface area (Å²) in [5.41, 5.74) is 3.68. The van der Waals surface area contributed by atoms with Crippen molar-refractivity contribution in [3.05, 3.63) is 58.1 Å². The molecule has 0 unspecified atom stereocenters. The van der Waals surface area contributed by atoms with Gasteiger partial charge in [0.05, 0.1) is 10.7 Å². The number of nitrogens with zero attached hydrogens (tertiary/aromatic N) is 1. The lowest BCUT2D eigenvalue weighted by atomic mass is 10.0. The molecule has 0 radical (unpaired) electrons. The summed E-state index contributed by atoms with van der Waals surface area (Å²) >= 11 is 8.42. The molecule has 178 valence electrons. The highest BCUT2D eigenvalue weighted by Gasteiger charge is 2.42. The topological polar surface area (TPSA) is 32.3 Å². The number of rotatable bonds is 5. The number of amides is 1.